The summed E-state index contributed by atoms with van der Waals surface area (Å²) in [6, 6.07) is 0. The normalized spacial score (nSPS) is 21.8. The van der Waals surface area contributed by atoms with Crippen LogP contribution in [0.15, 0.2) is 0 Å². The van der Waals surface area contributed by atoms with Gasteiger partial charge in [-0.2, -0.15) is 0 Å². The molecule has 1 saturated heterocycles. The average molecular weight is 171 g/mol. The summed E-state index contributed by atoms with van der Waals surface area (Å²) in [5, 5.41) is 9.12. The van der Waals surface area contributed by atoms with Crippen LogP contribution in [0, 0.1) is 0 Å². The zero-order chi connectivity index (χ0) is 9.19. The highest BCUT2D eigenvalue weighted by atomic mass is 16.4. The molecule has 0 aromatic carbocycles. The van der Waals surface area contributed by atoms with Crippen molar-refractivity contribution in [2.75, 3.05) is 13.1 Å². The number of aliphatic carboxylic acids is 1. The Bertz CT molecular complexity index is 177. The molecular formula is C9H17NO2. The Balaban J connectivity index is 2.71. The Morgan fingerprint density at radius 2 is 2.08 bits per heavy atom. The molecule has 1 fully saturated rings. The third-order valence-electron chi connectivity index (χ3n) is 2.70. The Hall–Kier alpha value is -0.570. The van der Waals surface area contributed by atoms with E-state index in [0.29, 0.717) is 0 Å². The summed E-state index contributed by atoms with van der Waals surface area (Å²) in [7, 11) is 0. The summed E-state index contributed by atoms with van der Waals surface area (Å²) in [6.07, 6.45) is 2.44. The van der Waals surface area contributed by atoms with Gasteiger partial charge < -0.3 is 5.11 Å². The minimum absolute atomic E-state index is 0.547. The number of carbonyl (C=O) groups is 1. The number of carboxylic acids is 1. The van der Waals surface area contributed by atoms with Crippen LogP contribution < -0.4 is 0 Å². The van der Waals surface area contributed by atoms with Gasteiger partial charge in [0.1, 0.15) is 5.54 Å². The van der Waals surface area contributed by atoms with Crippen molar-refractivity contribution in [3.8, 4) is 0 Å². The number of rotatable bonds is 5. The van der Waals surface area contributed by atoms with Gasteiger partial charge in [0.2, 0.25) is 0 Å². The van der Waals surface area contributed by atoms with Crippen LogP contribution in [0.5, 0.6) is 0 Å². The monoisotopic (exact) mass is 171 g/mol. The van der Waals surface area contributed by atoms with Gasteiger partial charge in [0.25, 0.3) is 0 Å². The summed E-state index contributed by atoms with van der Waals surface area (Å²) in [5.41, 5.74) is -0.547. The molecule has 0 aliphatic carbocycles. The second-order valence-electron chi connectivity index (χ2n) is 3.43. The molecule has 1 rings (SSSR count). The summed E-state index contributed by atoms with van der Waals surface area (Å²) in [4.78, 5) is 13.1. The molecule has 70 valence electrons. The van der Waals surface area contributed by atoms with Crippen LogP contribution in [0.25, 0.3) is 0 Å². The van der Waals surface area contributed by atoms with Crippen LogP contribution in [0.1, 0.15) is 33.1 Å². The van der Waals surface area contributed by atoms with Gasteiger partial charge in [0.05, 0.1) is 0 Å². The number of hydrogen-bond donors (Lipinski definition) is 1. The largest absolute Gasteiger partial charge is 0.480 e. The molecule has 1 atom stereocenters. The third kappa shape index (κ3) is 1.46. The first-order valence-corrected chi connectivity index (χ1v) is 4.66. The molecule has 1 unspecified atom stereocenters. The summed E-state index contributed by atoms with van der Waals surface area (Å²) >= 11 is 0. The SMILES string of the molecule is CCCC(CC)(C(=O)O)N1CC1. The van der Waals surface area contributed by atoms with Crippen molar-refractivity contribution in [3.05, 3.63) is 0 Å². The van der Waals surface area contributed by atoms with E-state index >= 15 is 0 Å². The number of hydrogen-bond acceptors (Lipinski definition) is 2. The lowest BCUT2D eigenvalue weighted by Crippen LogP contribution is -2.45. The Labute approximate surface area is 73.4 Å². The second kappa shape index (κ2) is 3.44. The van der Waals surface area contributed by atoms with Crippen LogP contribution >= 0.6 is 0 Å². The minimum atomic E-state index is -0.649. The first-order valence-electron chi connectivity index (χ1n) is 4.66. The van der Waals surface area contributed by atoms with Gasteiger partial charge >= 0.3 is 5.97 Å². The quantitative estimate of drug-likeness (QED) is 0.634. The lowest BCUT2D eigenvalue weighted by molar-refractivity contribution is -0.148. The molecule has 1 aliphatic rings. The lowest BCUT2D eigenvalue weighted by atomic mass is 9.90. The molecule has 0 radical (unpaired) electrons. The lowest BCUT2D eigenvalue weighted by Gasteiger charge is -2.29. The van der Waals surface area contributed by atoms with Gasteiger partial charge in [-0.15, -0.1) is 0 Å². The van der Waals surface area contributed by atoms with Crippen molar-refractivity contribution in [1.82, 2.24) is 4.90 Å². The fourth-order valence-corrected chi connectivity index (χ4v) is 1.84. The van der Waals surface area contributed by atoms with E-state index in [0.717, 1.165) is 32.4 Å². The van der Waals surface area contributed by atoms with Gasteiger partial charge in [-0.3, -0.25) is 9.69 Å². The molecule has 0 amide bonds. The minimum Gasteiger partial charge on any atom is -0.480 e. The van der Waals surface area contributed by atoms with Gasteiger partial charge in [-0.1, -0.05) is 20.3 Å². The highest BCUT2D eigenvalue weighted by Gasteiger charge is 2.46. The zero-order valence-electron chi connectivity index (χ0n) is 7.84. The molecule has 0 aromatic heterocycles. The molecule has 3 heteroatoms. The molecule has 1 aliphatic heterocycles. The van der Waals surface area contributed by atoms with Crippen LogP contribution in [0.2, 0.25) is 0 Å². The van der Waals surface area contributed by atoms with E-state index in [1.165, 1.54) is 0 Å². The van der Waals surface area contributed by atoms with Crippen molar-refractivity contribution in [2.45, 2.75) is 38.6 Å². The molecule has 3 nitrogen and oxygen atoms in total. The number of carboxylic acid groups (broad SMARTS) is 1. The summed E-state index contributed by atoms with van der Waals surface area (Å²) < 4.78 is 0. The van der Waals surface area contributed by atoms with Crippen LogP contribution in [0.3, 0.4) is 0 Å². The standard InChI is InChI=1S/C9H17NO2/c1-3-5-9(4-2,8(11)12)10-6-7-10/h3-7H2,1-2H3,(H,11,12). The van der Waals surface area contributed by atoms with Crippen molar-refractivity contribution in [2.24, 2.45) is 0 Å². The van der Waals surface area contributed by atoms with Gasteiger partial charge in [0.15, 0.2) is 0 Å². The van der Waals surface area contributed by atoms with E-state index in [4.69, 9.17) is 5.11 Å². The van der Waals surface area contributed by atoms with E-state index in [2.05, 4.69) is 4.90 Å². The maximum atomic E-state index is 11.1. The second-order valence-corrected chi connectivity index (χ2v) is 3.43. The molecule has 0 spiro atoms. The Morgan fingerprint density at radius 1 is 1.50 bits per heavy atom. The van der Waals surface area contributed by atoms with Gasteiger partial charge in [-0.25, -0.2) is 0 Å². The number of nitrogens with zero attached hydrogens (tertiary/aromatic N) is 1. The summed E-state index contributed by atoms with van der Waals surface area (Å²) in [6.45, 7) is 5.92. The average Bonchev–Trinajstić information content (AvgIpc) is 2.82. The maximum Gasteiger partial charge on any atom is 0.324 e. The smallest absolute Gasteiger partial charge is 0.324 e. The van der Waals surface area contributed by atoms with Crippen molar-refractivity contribution in [3.63, 3.8) is 0 Å². The summed E-state index contributed by atoms with van der Waals surface area (Å²) in [5.74, 6) is -0.649. The van der Waals surface area contributed by atoms with Gasteiger partial charge in [0, 0.05) is 13.1 Å². The fraction of sp³-hybridized carbons (Fsp3) is 0.889. The fourth-order valence-electron chi connectivity index (χ4n) is 1.84. The van der Waals surface area contributed by atoms with Crippen LogP contribution in [-0.2, 0) is 4.79 Å². The van der Waals surface area contributed by atoms with E-state index in [9.17, 15) is 4.79 Å². The van der Waals surface area contributed by atoms with Crippen molar-refractivity contribution >= 4 is 5.97 Å². The maximum absolute atomic E-state index is 11.1. The molecular weight excluding hydrogens is 154 g/mol. The molecule has 12 heavy (non-hydrogen) atoms. The Morgan fingerprint density at radius 3 is 2.33 bits per heavy atom. The van der Waals surface area contributed by atoms with E-state index in [1.807, 2.05) is 13.8 Å². The Kier molecular flexibility index (Phi) is 2.73. The molecule has 1 heterocycles. The highest BCUT2D eigenvalue weighted by Crippen LogP contribution is 2.31. The predicted molar refractivity (Wildman–Crippen MR) is 47.1 cm³/mol. The van der Waals surface area contributed by atoms with Crippen LogP contribution in [0.4, 0.5) is 0 Å². The topological polar surface area (TPSA) is 40.3 Å². The zero-order valence-corrected chi connectivity index (χ0v) is 7.84. The molecule has 0 saturated carbocycles. The van der Waals surface area contributed by atoms with E-state index in [-0.39, 0.29) is 0 Å². The predicted octanol–water partition coefficient (Wildman–Crippen LogP) is 1.34. The highest BCUT2D eigenvalue weighted by molar-refractivity contribution is 5.79. The third-order valence-corrected chi connectivity index (χ3v) is 2.70. The van der Waals surface area contributed by atoms with Gasteiger partial charge in [-0.05, 0) is 12.8 Å². The molecule has 1 N–H and O–H groups in total. The van der Waals surface area contributed by atoms with E-state index in [1.54, 1.807) is 0 Å². The van der Waals surface area contributed by atoms with E-state index < -0.39 is 11.5 Å². The van der Waals surface area contributed by atoms with Crippen LogP contribution in [-0.4, -0.2) is 34.6 Å². The first-order chi connectivity index (χ1) is 5.67. The van der Waals surface area contributed by atoms with Crippen molar-refractivity contribution < 1.29 is 9.90 Å². The molecule has 0 bridgehead atoms. The molecule has 0 aromatic rings. The van der Waals surface area contributed by atoms with Crippen molar-refractivity contribution in [1.29, 1.82) is 0 Å². The first kappa shape index (κ1) is 9.52.